The van der Waals surface area contributed by atoms with E-state index in [1.54, 1.807) is 18.3 Å². The molecule has 1 N–H and O–H groups in total. The van der Waals surface area contributed by atoms with E-state index in [1.165, 1.54) is 12.1 Å². The van der Waals surface area contributed by atoms with Crippen molar-refractivity contribution in [1.82, 2.24) is 9.99 Å². The van der Waals surface area contributed by atoms with E-state index in [4.69, 9.17) is 9.47 Å². The molecule has 6 nitrogen and oxygen atoms in total. The predicted octanol–water partition coefficient (Wildman–Crippen LogP) is 2.95. The zero-order chi connectivity index (χ0) is 19.2. The molecule has 0 spiro atoms. The van der Waals surface area contributed by atoms with Gasteiger partial charge in [0.2, 0.25) is 0 Å². The first-order valence-corrected chi connectivity index (χ1v) is 9.02. The summed E-state index contributed by atoms with van der Waals surface area (Å²) in [6.45, 7) is 5.41. The highest BCUT2D eigenvalue weighted by Crippen LogP contribution is 2.19. The van der Waals surface area contributed by atoms with Crippen LogP contribution in [-0.4, -0.2) is 36.0 Å². The highest BCUT2D eigenvalue weighted by molar-refractivity contribution is 5.84. The van der Waals surface area contributed by atoms with Gasteiger partial charge in [0.15, 0.2) is 18.2 Å². The van der Waals surface area contributed by atoms with Crippen LogP contribution in [0.3, 0.4) is 0 Å². The summed E-state index contributed by atoms with van der Waals surface area (Å²) in [7, 11) is 0. The van der Waals surface area contributed by atoms with Crippen molar-refractivity contribution in [2.75, 3.05) is 13.2 Å². The molecule has 1 aromatic carbocycles. The summed E-state index contributed by atoms with van der Waals surface area (Å²) in [6, 6.07) is 7.96. The summed E-state index contributed by atoms with van der Waals surface area (Å²) in [6.07, 6.45) is 4.06. The lowest BCUT2D eigenvalue weighted by atomic mass is 10.2. The molecular weight excluding hydrogens is 349 g/mol. The van der Waals surface area contributed by atoms with Gasteiger partial charge in [-0.3, -0.25) is 4.79 Å². The van der Waals surface area contributed by atoms with Gasteiger partial charge in [-0.25, -0.2) is 9.82 Å². The Morgan fingerprint density at radius 1 is 1.44 bits per heavy atom. The van der Waals surface area contributed by atoms with Crippen molar-refractivity contribution in [2.24, 2.45) is 5.10 Å². The standard InChI is InChI=1S/C20H24FN3O3/c1-14-10-16(15(2)24(14)12-17-6-5-9-26-17)11-22-23-20(25)13-27-19-8-4-3-7-18(19)21/h3-4,7-8,10-11,17H,5-6,9,12-13H2,1-2H3,(H,23,25)/b22-11-/t17-/m1/s1. The number of nitrogens with one attached hydrogen (secondary N) is 1. The van der Waals surface area contributed by atoms with Gasteiger partial charge >= 0.3 is 0 Å². The number of hydrogen-bond donors (Lipinski definition) is 1. The summed E-state index contributed by atoms with van der Waals surface area (Å²) in [5, 5.41) is 3.98. The summed E-state index contributed by atoms with van der Waals surface area (Å²) < 4.78 is 26.5. The number of aryl methyl sites for hydroxylation is 1. The van der Waals surface area contributed by atoms with Crippen molar-refractivity contribution in [2.45, 2.75) is 39.3 Å². The summed E-state index contributed by atoms with van der Waals surface area (Å²) in [5.74, 6) is -0.926. The first-order valence-electron chi connectivity index (χ1n) is 9.02. The Morgan fingerprint density at radius 2 is 2.26 bits per heavy atom. The average molecular weight is 373 g/mol. The largest absolute Gasteiger partial charge is 0.481 e. The van der Waals surface area contributed by atoms with Crippen LogP contribution in [0.2, 0.25) is 0 Å². The Labute approximate surface area is 158 Å². The summed E-state index contributed by atoms with van der Waals surface area (Å²) in [5.41, 5.74) is 5.53. The average Bonchev–Trinajstić information content (AvgIpc) is 3.25. The maximum atomic E-state index is 13.4. The van der Waals surface area contributed by atoms with Crippen LogP contribution in [0.25, 0.3) is 0 Å². The number of carbonyl (C=O) groups is 1. The first-order chi connectivity index (χ1) is 13.0. The van der Waals surface area contributed by atoms with Gasteiger partial charge in [0.1, 0.15) is 0 Å². The lowest BCUT2D eigenvalue weighted by molar-refractivity contribution is -0.123. The number of benzene rings is 1. The molecule has 1 aliphatic rings. The molecule has 2 aromatic rings. The Morgan fingerprint density at radius 3 is 3.00 bits per heavy atom. The van der Waals surface area contributed by atoms with Crippen LogP contribution in [0.15, 0.2) is 35.4 Å². The number of hydrazone groups is 1. The number of ether oxygens (including phenoxy) is 2. The third kappa shape index (κ3) is 4.95. The zero-order valence-electron chi connectivity index (χ0n) is 15.6. The van der Waals surface area contributed by atoms with Crippen LogP contribution in [0.1, 0.15) is 29.8 Å². The maximum Gasteiger partial charge on any atom is 0.277 e. The number of rotatable bonds is 7. The van der Waals surface area contributed by atoms with Crippen molar-refractivity contribution in [3.8, 4) is 5.75 Å². The van der Waals surface area contributed by atoms with Crippen LogP contribution in [0, 0.1) is 19.7 Å². The van der Waals surface area contributed by atoms with Crippen LogP contribution < -0.4 is 10.2 Å². The lowest BCUT2D eigenvalue weighted by Gasteiger charge is -2.14. The van der Waals surface area contributed by atoms with E-state index >= 15 is 0 Å². The Hall–Kier alpha value is -2.67. The minimum absolute atomic E-state index is 0.0364. The molecule has 3 rings (SSSR count). The fourth-order valence-electron chi connectivity index (χ4n) is 3.14. The van der Waals surface area contributed by atoms with E-state index < -0.39 is 11.7 Å². The molecule has 1 fully saturated rings. The smallest absolute Gasteiger partial charge is 0.277 e. The van der Waals surface area contributed by atoms with E-state index in [2.05, 4.69) is 15.1 Å². The molecule has 0 radical (unpaired) electrons. The minimum Gasteiger partial charge on any atom is -0.481 e. The number of amides is 1. The van der Waals surface area contributed by atoms with E-state index in [1.807, 2.05) is 19.9 Å². The van der Waals surface area contributed by atoms with Gasteiger partial charge in [-0.1, -0.05) is 12.1 Å². The van der Waals surface area contributed by atoms with E-state index in [0.717, 1.165) is 42.9 Å². The van der Waals surface area contributed by atoms with Crippen molar-refractivity contribution in [3.05, 3.63) is 53.1 Å². The number of nitrogens with zero attached hydrogens (tertiary/aromatic N) is 2. The number of para-hydroxylation sites is 1. The normalized spacial score (nSPS) is 16.8. The molecule has 0 unspecified atom stereocenters. The van der Waals surface area contributed by atoms with Crippen LogP contribution >= 0.6 is 0 Å². The molecule has 1 aliphatic heterocycles. The fourth-order valence-corrected chi connectivity index (χ4v) is 3.14. The van der Waals surface area contributed by atoms with Crippen molar-refractivity contribution in [3.63, 3.8) is 0 Å². The first kappa shape index (κ1) is 19.1. The third-order valence-corrected chi connectivity index (χ3v) is 4.61. The molecule has 2 heterocycles. The van der Waals surface area contributed by atoms with Crippen molar-refractivity contribution < 1.29 is 18.7 Å². The van der Waals surface area contributed by atoms with Crippen LogP contribution in [-0.2, 0) is 16.1 Å². The van der Waals surface area contributed by atoms with Gasteiger partial charge in [0, 0.05) is 30.1 Å². The molecule has 144 valence electrons. The topological polar surface area (TPSA) is 64.8 Å². The number of carbonyl (C=O) groups excluding carboxylic acids is 1. The Balaban J connectivity index is 1.53. The van der Waals surface area contributed by atoms with Gasteiger partial charge in [-0.05, 0) is 44.9 Å². The van der Waals surface area contributed by atoms with Crippen molar-refractivity contribution in [1.29, 1.82) is 0 Å². The van der Waals surface area contributed by atoms with Gasteiger partial charge in [-0.15, -0.1) is 0 Å². The molecule has 0 bridgehead atoms. The lowest BCUT2D eigenvalue weighted by Crippen LogP contribution is -2.24. The van der Waals surface area contributed by atoms with Gasteiger partial charge < -0.3 is 14.0 Å². The highest BCUT2D eigenvalue weighted by Gasteiger charge is 2.18. The van der Waals surface area contributed by atoms with Crippen molar-refractivity contribution >= 4 is 12.1 Å². The van der Waals surface area contributed by atoms with E-state index in [-0.39, 0.29) is 18.5 Å². The zero-order valence-corrected chi connectivity index (χ0v) is 15.6. The fraction of sp³-hybridized carbons (Fsp3) is 0.400. The van der Waals surface area contributed by atoms with E-state index in [9.17, 15) is 9.18 Å². The second-order valence-electron chi connectivity index (χ2n) is 6.58. The van der Waals surface area contributed by atoms with E-state index in [0.29, 0.717) is 0 Å². The molecule has 27 heavy (non-hydrogen) atoms. The van der Waals surface area contributed by atoms with Gasteiger partial charge in [0.05, 0.1) is 12.3 Å². The van der Waals surface area contributed by atoms with Gasteiger partial charge in [-0.2, -0.15) is 5.10 Å². The van der Waals surface area contributed by atoms with Gasteiger partial charge in [0.25, 0.3) is 5.91 Å². The quantitative estimate of drug-likeness (QED) is 0.599. The second kappa shape index (κ2) is 8.81. The number of hydrogen-bond acceptors (Lipinski definition) is 4. The molecule has 1 atom stereocenters. The second-order valence-corrected chi connectivity index (χ2v) is 6.58. The molecule has 1 saturated heterocycles. The molecular formula is C20H24FN3O3. The molecule has 0 saturated carbocycles. The third-order valence-electron chi connectivity index (χ3n) is 4.61. The minimum atomic E-state index is -0.507. The molecule has 1 aromatic heterocycles. The highest BCUT2D eigenvalue weighted by atomic mass is 19.1. The number of aromatic nitrogens is 1. The Bertz CT molecular complexity index is 826. The SMILES string of the molecule is Cc1cc(/C=N\NC(=O)COc2ccccc2F)c(C)n1C[C@H]1CCCO1. The predicted molar refractivity (Wildman–Crippen MR) is 101 cm³/mol. The molecule has 1 amide bonds. The summed E-state index contributed by atoms with van der Waals surface area (Å²) >= 11 is 0. The number of halogens is 1. The monoisotopic (exact) mass is 373 g/mol. The summed E-state index contributed by atoms with van der Waals surface area (Å²) in [4.78, 5) is 11.8. The molecule has 0 aliphatic carbocycles. The van der Waals surface area contributed by atoms with Crippen LogP contribution in [0.4, 0.5) is 4.39 Å². The van der Waals surface area contributed by atoms with Crippen LogP contribution in [0.5, 0.6) is 5.75 Å². The molecule has 7 heteroatoms. The Kier molecular flexibility index (Phi) is 6.24. The maximum absolute atomic E-state index is 13.4.